The van der Waals surface area contributed by atoms with Gasteiger partial charge in [0.05, 0.1) is 0 Å². The minimum atomic E-state index is 0.689. The number of hydrogen-bond acceptors (Lipinski definition) is 0. The van der Waals surface area contributed by atoms with Gasteiger partial charge in [0.2, 0.25) is 0 Å². The zero-order chi connectivity index (χ0) is 9.14. The molecule has 0 bridgehead atoms. The maximum Gasteiger partial charge on any atom is -0.0172 e. The van der Waals surface area contributed by atoms with E-state index in [4.69, 9.17) is 0 Å². The quantitative estimate of drug-likeness (QED) is 0.582. The molecule has 12 heavy (non-hydrogen) atoms. The van der Waals surface area contributed by atoms with Crippen molar-refractivity contribution < 1.29 is 0 Å². The van der Waals surface area contributed by atoms with E-state index in [-0.39, 0.29) is 0 Å². The maximum atomic E-state index is 2.40. The van der Waals surface area contributed by atoms with Crippen LogP contribution in [-0.4, -0.2) is 0 Å². The van der Waals surface area contributed by atoms with Gasteiger partial charge in [-0.05, 0) is 29.7 Å². The van der Waals surface area contributed by atoms with Crippen molar-refractivity contribution in [2.75, 3.05) is 0 Å². The first-order valence-corrected chi connectivity index (χ1v) is 4.99. The van der Waals surface area contributed by atoms with Crippen molar-refractivity contribution in [2.45, 2.75) is 34.1 Å². The van der Waals surface area contributed by atoms with Gasteiger partial charge in [0.1, 0.15) is 0 Å². The molecule has 0 spiro atoms. The molecule has 1 atom stereocenters. The van der Waals surface area contributed by atoms with Crippen LogP contribution in [0.4, 0.5) is 0 Å². The Morgan fingerprint density at radius 1 is 1.25 bits per heavy atom. The lowest BCUT2D eigenvalue weighted by molar-refractivity contribution is 0.463. The molecule has 0 aromatic carbocycles. The van der Waals surface area contributed by atoms with Gasteiger partial charge in [-0.3, -0.25) is 0 Å². The van der Waals surface area contributed by atoms with E-state index in [9.17, 15) is 0 Å². The van der Waals surface area contributed by atoms with E-state index in [1.807, 2.05) is 0 Å². The standard InChI is InChI=1S/C12H20/c1-9(2)11-5-7-12(8-6-11)10(3)4/h5-7,9-10,12H,8H2,1-4H3. The van der Waals surface area contributed by atoms with Crippen molar-refractivity contribution >= 4 is 0 Å². The van der Waals surface area contributed by atoms with E-state index >= 15 is 0 Å². The smallest absolute Gasteiger partial charge is 0.0172 e. The average Bonchev–Trinajstić information content (AvgIpc) is 2.04. The van der Waals surface area contributed by atoms with Gasteiger partial charge in [-0.25, -0.2) is 0 Å². The van der Waals surface area contributed by atoms with Crippen molar-refractivity contribution in [3.8, 4) is 0 Å². The molecular formula is C12H20. The van der Waals surface area contributed by atoms with Crippen molar-refractivity contribution in [1.82, 2.24) is 0 Å². The second kappa shape index (κ2) is 3.93. The molecule has 0 saturated carbocycles. The lowest BCUT2D eigenvalue weighted by atomic mass is 9.85. The molecule has 0 fully saturated rings. The summed E-state index contributed by atoms with van der Waals surface area (Å²) in [7, 11) is 0. The number of allylic oxidation sites excluding steroid dienone is 4. The zero-order valence-electron chi connectivity index (χ0n) is 8.67. The fourth-order valence-corrected chi connectivity index (χ4v) is 1.58. The van der Waals surface area contributed by atoms with Crippen LogP contribution >= 0.6 is 0 Å². The highest BCUT2D eigenvalue weighted by atomic mass is 14.2. The van der Waals surface area contributed by atoms with Gasteiger partial charge in [-0.15, -0.1) is 0 Å². The molecule has 68 valence electrons. The van der Waals surface area contributed by atoms with E-state index in [1.54, 1.807) is 0 Å². The van der Waals surface area contributed by atoms with E-state index < -0.39 is 0 Å². The first kappa shape index (κ1) is 9.57. The highest BCUT2D eigenvalue weighted by Crippen LogP contribution is 2.26. The molecule has 0 heteroatoms. The third-order valence-electron chi connectivity index (χ3n) is 2.68. The Morgan fingerprint density at radius 2 is 1.92 bits per heavy atom. The summed E-state index contributed by atoms with van der Waals surface area (Å²) in [6.07, 6.45) is 8.32. The summed E-state index contributed by atoms with van der Waals surface area (Å²) in [5.74, 6) is 2.24. The molecule has 1 unspecified atom stereocenters. The maximum absolute atomic E-state index is 2.40. The fourth-order valence-electron chi connectivity index (χ4n) is 1.58. The van der Waals surface area contributed by atoms with Crippen molar-refractivity contribution in [2.24, 2.45) is 17.8 Å². The van der Waals surface area contributed by atoms with Crippen LogP contribution in [-0.2, 0) is 0 Å². The molecule has 0 N–H and O–H groups in total. The Morgan fingerprint density at radius 3 is 2.25 bits per heavy atom. The molecule has 1 aliphatic carbocycles. The third-order valence-corrected chi connectivity index (χ3v) is 2.68. The van der Waals surface area contributed by atoms with Crippen LogP contribution < -0.4 is 0 Å². The second-order valence-electron chi connectivity index (χ2n) is 4.36. The van der Waals surface area contributed by atoms with Crippen molar-refractivity contribution in [3.05, 3.63) is 23.8 Å². The molecule has 0 radical (unpaired) electrons. The van der Waals surface area contributed by atoms with Crippen LogP contribution in [0.1, 0.15) is 34.1 Å². The normalized spacial score (nSPS) is 23.5. The molecular weight excluding hydrogens is 144 g/mol. The average molecular weight is 164 g/mol. The first-order chi connectivity index (χ1) is 5.61. The van der Waals surface area contributed by atoms with E-state index in [0.717, 1.165) is 11.8 Å². The summed E-state index contributed by atoms with van der Waals surface area (Å²) in [6.45, 7) is 9.10. The van der Waals surface area contributed by atoms with Crippen molar-refractivity contribution in [3.63, 3.8) is 0 Å². The minimum Gasteiger partial charge on any atom is -0.0806 e. The lowest BCUT2D eigenvalue weighted by Gasteiger charge is -2.20. The van der Waals surface area contributed by atoms with Gasteiger partial charge >= 0.3 is 0 Å². The molecule has 0 aliphatic heterocycles. The Hall–Kier alpha value is -0.520. The van der Waals surface area contributed by atoms with Crippen LogP contribution in [0.15, 0.2) is 23.8 Å². The summed E-state index contributed by atoms with van der Waals surface area (Å²) in [6, 6.07) is 0. The largest absolute Gasteiger partial charge is 0.0806 e. The highest BCUT2D eigenvalue weighted by Gasteiger charge is 2.12. The van der Waals surface area contributed by atoms with Gasteiger partial charge in [-0.1, -0.05) is 45.9 Å². The molecule has 0 amide bonds. The van der Waals surface area contributed by atoms with Gasteiger partial charge in [0, 0.05) is 0 Å². The van der Waals surface area contributed by atoms with E-state index in [2.05, 4.69) is 45.9 Å². The van der Waals surface area contributed by atoms with Crippen molar-refractivity contribution in [1.29, 1.82) is 0 Å². The van der Waals surface area contributed by atoms with Crippen LogP contribution in [0.5, 0.6) is 0 Å². The van der Waals surface area contributed by atoms with Crippen LogP contribution in [0.3, 0.4) is 0 Å². The molecule has 0 saturated heterocycles. The summed E-state index contributed by atoms with van der Waals surface area (Å²) in [5, 5.41) is 0. The Kier molecular flexibility index (Phi) is 3.13. The monoisotopic (exact) mass is 164 g/mol. The second-order valence-corrected chi connectivity index (χ2v) is 4.36. The lowest BCUT2D eigenvalue weighted by Crippen LogP contribution is -2.08. The SMILES string of the molecule is CC(C)C1=CCC(C(C)C)C=C1. The molecule has 0 aromatic heterocycles. The summed E-state index contributed by atoms with van der Waals surface area (Å²) in [4.78, 5) is 0. The summed E-state index contributed by atoms with van der Waals surface area (Å²) < 4.78 is 0. The molecule has 1 aliphatic rings. The van der Waals surface area contributed by atoms with E-state index in [1.165, 1.54) is 12.0 Å². The third kappa shape index (κ3) is 2.23. The molecule has 1 rings (SSSR count). The fraction of sp³-hybridized carbons (Fsp3) is 0.667. The van der Waals surface area contributed by atoms with Crippen LogP contribution in [0.2, 0.25) is 0 Å². The first-order valence-electron chi connectivity index (χ1n) is 4.99. The predicted octanol–water partition coefficient (Wildman–Crippen LogP) is 3.80. The summed E-state index contributed by atoms with van der Waals surface area (Å²) >= 11 is 0. The minimum absolute atomic E-state index is 0.689. The summed E-state index contributed by atoms with van der Waals surface area (Å²) in [5.41, 5.74) is 1.51. The molecule has 0 nitrogen and oxygen atoms in total. The van der Waals surface area contributed by atoms with Gasteiger partial charge in [-0.2, -0.15) is 0 Å². The molecule has 0 aromatic rings. The molecule has 0 heterocycles. The Bertz CT molecular complexity index is 194. The van der Waals surface area contributed by atoms with Crippen LogP contribution in [0.25, 0.3) is 0 Å². The predicted molar refractivity (Wildman–Crippen MR) is 55.0 cm³/mol. The topological polar surface area (TPSA) is 0 Å². The number of hydrogen-bond donors (Lipinski definition) is 0. The zero-order valence-corrected chi connectivity index (χ0v) is 8.67. The highest BCUT2D eigenvalue weighted by molar-refractivity contribution is 5.25. The Labute approximate surface area is 76.4 Å². The van der Waals surface area contributed by atoms with Gasteiger partial charge in [0.15, 0.2) is 0 Å². The number of rotatable bonds is 2. The van der Waals surface area contributed by atoms with Gasteiger partial charge in [0.25, 0.3) is 0 Å². The Balaban J connectivity index is 2.55. The van der Waals surface area contributed by atoms with Gasteiger partial charge < -0.3 is 0 Å². The van der Waals surface area contributed by atoms with Crippen LogP contribution in [0, 0.1) is 17.8 Å². The van der Waals surface area contributed by atoms with E-state index in [0.29, 0.717) is 5.92 Å².